The number of hydrogen-bond donors (Lipinski definition) is 0. The van der Waals surface area contributed by atoms with Gasteiger partial charge < -0.3 is 4.57 Å². The summed E-state index contributed by atoms with van der Waals surface area (Å²) < 4.78 is 2.21. The van der Waals surface area contributed by atoms with Gasteiger partial charge in [0.25, 0.3) is 0 Å². The van der Waals surface area contributed by atoms with Gasteiger partial charge in [-0.25, -0.2) is 0 Å². The summed E-state index contributed by atoms with van der Waals surface area (Å²) in [5.74, 6) is 0. The molecule has 0 atom stereocenters. The molecule has 0 saturated carbocycles. The molecule has 0 aliphatic carbocycles. The first-order valence-electron chi connectivity index (χ1n) is 7.36. The van der Waals surface area contributed by atoms with E-state index in [-0.39, 0.29) is 0 Å². The lowest BCUT2D eigenvalue weighted by molar-refractivity contribution is 0.644. The van der Waals surface area contributed by atoms with Crippen molar-refractivity contribution in [1.82, 2.24) is 4.57 Å². The van der Waals surface area contributed by atoms with Crippen LogP contribution in [-0.2, 0) is 6.54 Å². The first-order valence-corrected chi connectivity index (χ1v) is 7.36. The Morgan fingerprint density at radius 2 is 2.00 bits per heavy atom. The lowest BCUT2D eigenvalue weighted by Gasteiger charge is -2.11. The first kappa shape index (κ1) is 15.2. The quantitative estimate of drug-likeness (QED) is 0.768. The zero-order valence-electron chi connectivity index (χ0n) is 13.3. The highest BCUT2D eigenvalue weighted by molar-refractivity contribution is 5.83. The van der Waals surface area contributed by atoms with Gasteiger partial charge in [-0.1, -0.05) is 25.1 Å². The summed E-state index contributed by atoms with van der Waals surface area (Å²) in [5.41, 5.74) is 5.80. The maximum absolute atomic E-state index is 4.49. The molecule has 0 saturated heterocycles. The first-order chi connectivity index (χ1) is 10.2. The van der Waals surface area contributed by atoms with E-state index in [1.165, 1.54) is 16.7 Å². The summed E-state index contributed by atoms with van der Waals surface area (Å²) in [6.07, 6.45) is 5.09. The Labute approximate surface area is 126 Å². The van der Waals surface area contributed by atoms with E-state index < -0.39 is 0 Å². The Bertz CT molecular complexity index is 709. The van der Waals surface area contributed by atoms with E-state index >= 15 is 0 Å². The summed E-state index contributed by atoms with van der Waals surface area (Å²) >= 11 is 0. The zero-order chi connectivity index (χ0) is 15.2. The van der Waals surface area contributed by atoms with Gasteiger partial charge in [-0.2, -0.15) is 0 Å². The molecule has 0 N–H and O–H groups in total. The Morgan fingerprint density at radius 1 is 1.19 bits per heavy atom. The van der Waals surface area contributed by atoms with Crippen LogP contribution in [0.15, 0.2) is 46.5 Å². The van der Waals surface area contributed by atoms with Gasteiger partial charge in [-0.3, -0.25) is 9.98 Å². The lowest BCUT2D eigenvalue weighted by Crippen LogP contribution is -2.22. The molecule has 0 amide bonds. The van der Waals surface area contributed by atoms with Crippen molar-refractivity contribution < 1.29 is 0 Å². The maximum Gasteiger partial charge on any atom is 0.135 e. The second-order valence-electron chi connectivity index (χ2n) is 5.12. The van der Waals surface area contributed by atoms with Crippen LogP contribution in [0, 0.1) is 6.92 Å². The number of aliphatic imine (C=N–C) groups is 1. The Morgan fingerprint density at radius 3 is 2.62 bits per heavy atom. The molecule has 0 radical (unpaired) electrons. The molecule has 0 bridgehead atoms. The summed E-state index contributed by atoms with van der Waals surface area (Å²) in [5, 5.41) is 0. The Hall–Kier alpha value is -2.16. The van der Waals surface area contributed by atoms with Gasteiger partial charge in [0.1, 0.15) is 5.49 Å². The number of rotatable bonds is 4. The van der Waals surface area contributed by atoms with Crippen LogP contribution in [0.2, 0.25) is 0 Å². The molecule has 21 heavy (non-hydrogen) atoms. The average molecular weight is 281 g/mol. The molecule has 0 fully saturated rings. The Kier molecular flexibility index (Phi) is 5.09. The molecule has 0 unspecified atom stereocenters. The summed E-state index contributed by atoms with van der Waals surface area (Å²) in [6, 6.07) is 10.7. The molecule has 0 spiro atoms. The zero-order valence-corrected chi connectivity index (χ0v) is 13.3. The van der Waals surface area contributed by atoms with Gasteiger partial charge in [0.05, 0.1) is 0 Å². The number of aromatic nitrogens is 1. The van der Waals surface area contributed by atoms with Crippen LogP contribution in [-0.4, -0.2) is 24.9 Å². The minimum Gasteiger partial charge on any atom is -0.333 e. The van der Waals surface area contributed by atoms with Crippen LogP contribution in [0.3, 0.4) is 0 Å². The summed E-state index contributed by atoms with van der Waals surface area (Å²) in [7, 11) is 3.66. The SMILES string of the molecule is CCCn1cccc(-c2ccc(C=NC)c(C)c2)c1=NC. The van der Waals surface area contributed by atoms with E-state index in [1.807, 2.05) is 13.3 Å². The van der Waals surface area contributed by atoms with E-state index in [2.05, 4.69) is 64.9 Å². The standard InChI is InChI=1S/C18H23N3/c1-5-10-21-11-6-7-17(18(21)20-4)15-8-9-16(13-19-3)14(2)12-15/h6-9,11-13H,5,10H2,1-4H3. The van der Waals surface area contributed by atoms with E-state index in [4.69, 9.17) is 0 Å². The van der Waals surface area contributed by atoms with Crippen LogP contribution in [0.5, 0.6) is 0 Å². The maximum atomic E-state index is 4.49. The van der Waals surface area contributed by atoms with Gasteiger partial charge in [-0.15, -0.1) is 0 Å². The molecule has 110 valence electrons. The van der Waals surface area contributed by atoms with E-state index in [0.717, 1.165) is 24.0 Å². The largest absolute Gasteiger partial charge is 0.333 e. The number of hydrogen-bond acceptors (Lipinski definition) is 2. The van der Waals surface area contributed by atoms with Crippen molar-refractivity contribution in [2.24, 2.45) is 9.98 Å². The predicted octanol–water partition coefficient (Wildman–Crippen LogP) is 3.45. The number of benzene rings is 1. The highest BCUT2D eigenvalue weighted by Crippen LogP contribution is 2.19. The van der Waals surface area contributed by atoms with Crippen molar-refractivity contribution in [3.63, 3.8) is 0 Å². The molecule has 3 nitrogen and oxygen atoms in total. The van der Waals surface area contributed by atoms with Crippen LogP contribution in [0.25, 0.3) is 11.1 Å². The third-order valence-electron chi connectivity index (χ3n) is 3.57. The van der Waals surface area contributed by atoms with Gasteiger partial charge >= 0.3 is 0 Å². The second kappa shape index (κ2) is 7.02. The number of pyridine rings is 1. The molecule has 1 aromatic carbocycles. The van der Waals surface area contributed by atoms with E-state index in [1.54, 1.807) is 7.05 Å². The monoisotopic (exact) mass is 281 g/mol. The molecule has 0 aliphatic rings. The normalized spacial score (nSPS) is 12.3. The highest BCUT2D eigenvalue weighted by Gasteiger charge is 2.05. The molecule has 3 heteroatoms. The lowest BCUT2D eigenvalue weighted by atomic mass is 10.0. The average Bonchev–Trinajstić information content (AvgIpc) is 2.49. The Balaban J connectivity index is 2.57. The number of aryl methyl sites for hydroxylation is 2. The van der Waals surface area contributed by atoms with E-state index in [0.29, 0.717) is 0 Å². The fourth-order valence-corrected chi connectivity index (χ4v) is 2.57. The number of nitrogens with zero attached hydrogens (tertiary/aromatic N) is 3. The third kappa shape index (κ3) is 3.30. The molecule has 2 aromatic rings. The van der Waals surface area contributed by atoms with Gasteiger partial charge in [0.2, 0.25) is 0 Å². The van der Waals surface area contributed by atoms with Gasteiger partial charge in [0.15, 0.2) is 0 Å². The van der Waals surface area contributed by atoms with Gasteiger partial charge in [0, 0.05) is 38.6 Å². The van der Waals surface area contributed by atoms with Crippen molar-refractivity contribution >= 4 is 6.21 Å². The van der Waals surface area contributed by atoms with Crippen LogP contribution < -0.4 is 5.49 Å². The van der Waals surface area contributed by atoms with Crippen LogP contribution in [0.4, 0.5) is 0 Å². The molecule has 2 rings (SSSR count). The highest BCUT2D eigenvalue weighted by atomic mass is 15.0. The van der Waals surface area contributed by atoms with Crippen molar-refractivity contribution in [1.29, 1.82) is 0 Å². The second-order valence-corrected chi connectivity index (χ2v) is 5.12. The van der Waals surface area contributed by atoms with Crippen molar-refractivity contribution in [2.45, 2.75) is 26.8 Å². The predicted molar refractivity (Wildman–Crippen MR) is 89.9 cm³/mol. The topological polar surface area (TPSA) is 29.6 Å². The third-order valence-corrected chi connectivity index (χ3v) is 3.57. The summed E-state index contributed by atoms with van der Waals surface area (Å²) in [4.78, 5) is 8.58. The molecular formula is C18H23N3. The summed E-state index contributed by atoms with van der Waals surface area (Å²) in [6.45, 7) is 5.29. The van der Waals surface area contributed by atoms with Crippen LogP contribution >= 0.6 is 0 Å². The smallest absolute Gasteiger partial charge is 0.135 e. The molecule has 1 aromatic heterocycles. The minimum atomic E-state index is 0.986. The van der Waals surface area contributed by atoms with Crippen molar-refractivity contribution in [2.75, 3.05) is 14.1 Å². The van der Waals surface area contributed by atoms with Gasteiger partial charge in [-0.05, 0) is 42.2 Å². The van der Waals surface area contributed by atoms with Crippen molar-refractivity contribution in [3.05, 3.63) is 53.1 Å². The fourth-order valence-electron chi connectivity index (χ4n) is 2.57. The fraction of sp³-hybridized carbons (Fsp3) is 0.333. The van der Waals surface area contributed by atoms with E-state index in [9.17, 15) is 0 Å². The minimum absolute atomic E-state index is 0.986. The van der Waals surface area contributed by atoms with Crippen LogP contribution in [0.1, 0.15) is 24.5 Å². The van der Waals surface area contributed by atoms with Crippen molar-refractivity contribution in [3.8, 4) is 11.1 Å². The molecule has 0 aliphatic heterocycles. The molecule has 1 heterocycles. The molecular weight excluding hydrogens is 258 g/mol.